The van der Waals surface area contributed by atoms with E-state index < -0.39 is 11.7 Å². The molecule has 30 heavy (non-hydrogen) atoms. The highest BCUT2D eigenvalue weighted by atomic mass is 32.1. The van der Waals surface area contributed by atoms with Crippen molar-refractivity contribution >= 4 is 17.3 Å². The van der Waals surface area contributed by atoms with E-state index in [1.165, 1.54) is 17.0 Å². The summed E-state index contributed by atoms with van der Waals surface area (Å²) < 4.78 is 38.7. The number of nitrogens with zero attached hydrogens (tertiary/aromatic N) is 3. The number of hydrogen-bond acceptors (Lipinski definition) is 4. The molecule has 1 aromatic carbocycles. The second-order valence-electron chi connectivity index (χ2n) is 7.62. The van der Waals surface area contributed by atoms with E-state index in [4.69, 9.17) is 0 Å². The number of hydrogen-bond donors (Lipinski definition) is 2. The summed E-state index contributed by atoms with van der Waals surface area (Å²) in [4.78, 5) is 12.0. The van der Waals surface area contributed by atoms with E-state index in [1.807, 2.05) is 20.2 Å². The normalized spacial score (nSPS) is 20.9. The molecule has 164 valence electrons. The summed E-state index contributed by atoms with van der Waals surface area (Å²) >= 11 is 1.64. The minimum absolute atomic E-state index is 0.0632. The molecule has 2 aromatic rings. The van der Waals surface area contributed by atoms with Crippen LogP contribution in [0, 0.1) is 12.8 Å². The molecule has 2 N–H and O–H groups in total. The van der Waals surface area contributed by atoms with Crippen molar-refractivity contribution in [3.8, 4) is 0 Å². The molecule has 3 rings (SSSR count). The maximum Gasteiger partial charge on any atom is 0.416 e. The van der Waals surface area contributed by atoms with Gasteiger partial charge in [-0.1, -0.05) is 12.1 Å². The number of aryl methyl sites for hydroxylation is 1. The largest absolute Gasteiger partial charge is 0.416 e. The van der Waals surface area contributed by atoms with Crippen molar-refractivity contribution < 1.29 is 13.2 Å². The first-order valence-electron chi connectivity index (χ1n) is 10.0. The minimum Gasteiger partial charge on any atom is -0.356 e. The van der Waals surface area contributed by atoms with Gasteiger partial charge in [-0.3, -0.25) is 9.89 Å². The predicted octanol–water partition coefficient (Wildman–Crippen LogP) is 4.22. The third kappa shape index (κ3) is 5.72. The monoisotopic (exact) mass is 439 g/mol. The van der Waals surface area contributed by atoms with Gasteiger partial charge in [-0.15, -0.1) is 11.3 Å². The molecule has 1 aliphatic rings. The Kier molecular flexibility index (Phi) is 7.36. The van der Waals surface area contributed by atoms with Gasteiger partial charge in [-0.2, -0.15) is 13.2 Å². The van der Waals surface area contributed by atoms with Crippen LogP contribution in [0.2, 0.25) is 0 Å². The zero-order valence-corrected chi connectivity index (χ0v) is 18.3. The molecule has 0 amide bonds. The maximum absolute atomic E-state index is 12.9. The Hall–Kier alpha value is -2.13. The second kappa shape index (κ2) is 9.78. The molecule has 5 nitrogen and oxygen atoms in total. The molecular weight excluding hydrogens is 411 g/mol. The molecule has 0 spiro atoms. The first-order chi connectivity index (χ1) is 14.3. The standard InChI is InChI=1S/C21H28F3N5S/c1-14-11-26-18(30-14)13-28-20(25-2)27-12-16-5-4-10-29(3)19(16)15-6-8-17(9-7-15)21(22,23)24/h6-9,11,16,19H,4-5,10,12-13H2,1-3H3,(H2,25,27,28). The van der Waals surface area contributed by atoms with Crippen molar-refractivity contribution in [2.24, 2.45) is 10.9 Å². The number of benzene rings is 1. The van der Waals surface area contributed by atoms with E-state index >= 15 is 0 Å². The number of alkyl halides is 3. The lowest BCUT2D eigenvalue weighted by atomic mass is 9.84. The molecule has 2 atom stereocenters. The van der Waals surface area contributed by atoms with Crippen LogP contribution in [-0.2, 0) is 12.7 Å². The SMILES string of the molecule is CN=C(NCc1ncc(C)s1)NCC1CCCN(C)C1c1ccc(C(F)(F)F)cc1. The molecule has 1 saturated heterocycles. The van der Waals surface area contributed by atoms with Gasteiger partial charge in [0, 0.05) is 30.7 Å². The van der Waals surface area contributed by atoms with E-state index in [-0.39, 0.29) is 12.0 Å². The molecule has 0 radical (unpaired) electrons. The Morgan fingerprint density at radius 2 is 2.00 bits per heavy atom. The van der Waals surface area contributed by atoms with Crippen molar-refractivity contribution in [1.82, 2.24) is 20.5 Å². The molecule has 1 fully saturated rings. The summed E-state index contributed by atoms with van der Waals surface area (Å²) in [5, 5.41) is 7.65. The van der Waals surface area contributed by atoms with Gasteiger partial charge in [-0.05, 0) is 57.0 Å². The zero-order valence-electron chi connectivity index (χ0n) is 17.5. The molecule has 2 unspecified atom stereocenters. The number of thiazole rings is 1. The summed E-state index contributed by atoms with van der Waals surface area (Å²) in [6.07, 6.45) is -0.396. The summed E-state index contributed by atoms with van der Waals surface area (Å²) in [5.41, 5.74) is 0.305. The Balaban J connectivity index is 1.64. The molecule has 1 aromatic heterocycles. The highest BCUT2D eigenvalue weighted by Gasteiger charge is 2.33. The van der Waals surface area contributed by atoms with Gasteiger partial charge < -0.3 is 10.6 Å². The number of halogens is 3. The van der Waals surface area contributed by atoms with Gasteiger partial charge in [0.15, 0.2) is 5.96 Å². The molecule has 2 heterocycles. The summed E-state index contributed by atoms with van der Waals surface area (Å²) in [7, 11) is 3.76. The highest BCUT2D eigenvalue weighted by Crippen LogP contribution is 2.36. The number of piperidine rings is 1. The van der Waals surface area contributed by atoms with Crippen LogP contribution in [0.1, 0.15) is 39.9 Å². The van der Waals surface area contributed by atoms with Gasteiger partial charge >= 0.3 is 6.18 Å². The topological polar surface area (TPSA) is 52.6 Å². The van der Waals surface area contributed by atoms with Gasteiger partial charge in [0.05, 0.1) is 12.1 Å². The highest BCUT2D eigenvalue weighted by molar-refractivity contribution is 7.11. The maximum atomic E-state index is 12.9. The van der Waals surface area contributed by atoms with Gasteiger partial charge in [-0.25, -0.2) is 4.98 Å². The van der Waals surface area contributed by atoms with Crippen LogP contribution in [0.5, 0.6) is 0 Å². The number of rotatable bonds is 5. The van der Waals surface area contributed by atoms with E-state index in [0.29, 0.717) is 19.0 Å². The molecule has 1 aliphatic heterocycles. The average Bonchev–Trinajstić information content (AvgIpc) is 3.13. The fourth-order valence-electron chi connectivity index (χ4n) is 3.96. The van der Waals surface area contributed by atoms with Crippen LogP contribution >= 0.6 is 11.3 Å². The third-order valence-corrected chi connectivity index (χ3v) is 6.33. The van der Waals surface area contributed by atoms with Crippen LogP contribution in [0.4, 0.5) is 13.2 Å². The first-order valence-corrected chi connectivity index (χ1v) is 10.8. The molecule has 0 saturated carbocycles. The molecular formula is C21H28F3N5S. The third-order valence-electron chi connectivity index (χ3n) is 5.42. The first kappa shape index (κ1) is 22.6. The van der Waals surface area contributed by atoms with Crippen LogP contribution < -0.4 is 10.6 Å². The van der Waals surface area contributed by atoms with Crippen molar-refractivity contribution in [3.05, 3.63) is 51.5 Å². The quantitative estimate of drug-likeness (QED) is 0.541. The number of likely N-dealkylation sites (tertiary alicyclic amines) is 1. The van der Waals surface area contributed by atoms with Gasteiger partial charge in [0.1, 0.15) is 5.01 Å². The molecule has 9 heteroatoms. The van der Waals surface area contributed by atoms with E-state index in [2.05, 4.69) is 25.5 Å². The number of aromatic nitrogens is 1. The van der Waals surface area contributed by atoms with Crippen molar-refractivity contribution in [1.29, 1.82) is 0 Å². The Bertz CT molecular complexity index is 847. The zero-order chi connectivity index (χ0) is 21.7. The molecule has 0 bridgehead atoms. The van der Waals surface area contributed by atoms with Crippen LogP contribution in [0.25, 0.3) is 0 Å². The second-order valence-corrected chi connectivity index (χ2v) is 8.94. The van der Waals surface area contributed by atoms with E-state index in [1.54, 1.807) is 30.5 Å². The smallest absolute Gasteiger partial charge is 0.356 e. The van der Waals surface area contributed by atoms with Crippen molar-refractivity contribution in [2.75, 3.05) is 27.2 Å². The minimum atomic E-state index is -4.31. The van der Waals surface area contributed by atoms with Crippen LogP contribution in [0.3, 0.4) is 0 Å². The number of aliphatic imine (C=N–C) groups is 1. The van der Waals surface area contributed by atoms with Crippen LogP contribution in [0.15, 0.2) is 35.5 Å². The summed E-state index contributed by atoms with van der Waals surface area (Å²) in [5.74, 6) is 0.961. The summed E-state index contributed by atoms with van der Waals surface area (Å²) in [6.45, 7) is 4.24. The van der Waals surface area contributed by atoms with Crippen molar-refractivity contribution in [2.45, 2.75) is 38.5 Å². The number of guanidine groups is 1. The lowest BCUT2D eigenvalue weighted by Crippen LogP contribution is -2.44. The van der Waals surface area contributed by atoms with Crippen molar-refractivity contribution in [3.63, 3.8) is 0 Å². The summed E-state index contributed by atoms with van der Waals surface area (Å²) in [6, 6.07) is 5.64. The fourth-order valence-corrected chi connectivity index (χ4v) is 4.69. The van der Waals surface area contributed by atoms with Gasteiger partial charge in [0.2, 0.25) is 0 Å². The average molecular weight is 440 g/mol. The van der Waals surface area contributed by atoms with E-state index in [0.717, 1.165) is 30.0 Å². The lowest BCUT2D eigenvalue weighted by Gasteiger charge is -2.40. The number of nitrogens with one attached hydrogen (secondary N) is 2. The Morgan fingerprint density at radius 3 is 2.60 bits per heavy atom. The Morgan fingerprint density at radius 1 is 1.27 bits per heavy atom. The fraction of sp³-hybridized carbons (Fsp3) is 0.524. The predicted molar refractivity (Wildman–Crippen MR) is 115 cm³/mol. The Labute approximate surface area is 179 Å². The van der Waals surface area contributed by atoms with Crippen LogP contribution in [-0.4, -0.2) is 43.0 Å². The van der Waals surface area contributed by atoms with Gasteiger partial charge in [0.25, 0.3) is 0 Å². The van der Waals surface area contributed by atoms with E-state index in [9.17, 15) is 13.2 Å². The lowest BCUT2D eigenvalue weighted by molar-refractivity contribution is -0.137. The molecule has 0 aliphatic carbocycles.